The molecule has 0 saturated heterocycles. The number of aromatic hydroxyl groups is 1. The molecule has 0 saturated carbocycles. The van der Waals surface area contributed by atoms with Gasteiger partial charge in [0.1, 0.15) is 0 Å². The summed E-state index contributed by atoms with van der Waals surface area (Å²) in [6.07, 6.45) is 4.63. The van der Waals surface area contributed by atoms with Gasteiger partial charge in [0, 0.05) is 26.3 Å². The lowest BCUT2D eigenvalue weighted by atomic mass is 10.1. The maximum atomic E-state index is 13.4. The van der Waals surface area contributed by atoms with E-state index in [-0.39, 0.29) is 22.9 Å². The molecule has 1 unspecified atom stereocenters. The summed E-state index contributed by atoms with van der Waals surface area (Å²) in [5.74, 6) is -4.68. The predicted octanol–water partition coefficient (Wildman–Crippen LogP) is 4.05. The number of hydrogen-bond acceptors (Lipinski definition) is 10. The van der Waals surface area contributed by atoms with E-state index in [1.807, 2.05) is 0 Å². The summed E-state index contributed by atoms with van der Waals surface area (Å²) in [5.41, 5.74) is -0.850. The number of aliphatic hydroxyl groups excluding tert-OH is 1. The number of esters is 3. The van der Waals surface area contributed by atoms with Crippen molar-refractivity contribution in [2.45, 2.75) is 72.5 Å². The lowest BCUT2D eigenvalue weighted by molar-refractivity contribution is -0.134. The summed E-state index contributed by atoms with van der Waals surface area (Å²) in [6.45, 7) is 5.58. The molecule has 0 spiro atoms. The minimum Gasteiger partial charge on any atom is -0.504 e. The number of benzene rings is 1. The third kappa shape index (κ3) is 8.03. The standard InChI is InChI=1S/C26H32O10/c1-5-6-7-8-9-10-11-33-26(32)19-12-18-13-20(30)24(35-16(3)28)25(36-17(4)29)22(18)23(31)21(14-19)34-15(2)27/h12-14,26,30,32H,5-11H2,1-4H3. The predicted molar refractivity (Wildman–Crippen MR) is 130 cm³/mol. The Morgan fingerprint density at radius 1 is 0.833 bits per heavy atom. The number of phenolic OH excluding ortho intramolecular Hbond substituents is 1. The number of fused-ring (bicyclic) bond motifs is 1. The van der Waals surface area contributed by atoms with Gasteiger partial charge in [0.25, 0.3) is 0 Å². The number of carbonyl (C=O) groups excluding carboxylic acids is 3. The fourth-order valence-corrected chi connectivity index (χ4v) is 3.59. The molecule has 0 bridgehead atoms. The largest absolute Gasteiger partial charge is 0.504 e. The van der Waals surface area contributed by atoms with Crippen molar-refractivity contribution < 1.29 is 43.5 Å². The van der Waals surface area contributed by atoms with Gasteiger partial charge in [0.15, 0.2) is 23.5 Å². The zero-order valence-electron chi connectivity index (χ0n) is 20.9. The third-order valence-corrected chi connectivity index (χ3v) is 5.12. The van der Waals surface area contributed by atoms with Gasteiger partial charge in [-0.15, -0.1) is 0 Å². The van der Waals surface area contributed by atoms with E-state index in [0.717, 1.165) is 65.0 Å². The van der Waals surface area contributed by atoms with Crippen LogP contribution in [0.25, 0.3) is 10.8 Å². The van der Waals surface area contributed by atoms with Crippen LogP contribution < -0.4 is 19.6 Å². The molecule has 2 aromatic carbocycles. The number of hydrogen-bond donors (Lipinski definition) is 2. The smallest absolute Gasteiger partial charge is 0.308 e. The van der Waals surface area contributed by atoms with Gasteiger partial charge in [-0.05, 0) is 30.0 Å². The van der Waals surface area contributed by atoms with Crippen LogP contribution in [0.2, 0.25) is 0 Å². The number of aliphatic hydroxyl groups is 1. The normalized spacial score (nSPS) is 11.7. The summed E-state index contributed by atoms with van der Waals surface area (Å²) >= 11 is 0. The lowest BCUT2D eigenvalue weighted by Crippen LogP contribution is -2.13. The third-order valence-electron chi connectivity index (χ3n) is 5.12. The monoisotopic (exact) mass is 504 g/mol. The zero-order chi connectivity index (χ0) is 26.8. The Labute approximate surface area is 208 Å². The molecule has 36 heavy (non-hydrogen) atoms. The number of phenols is 1. The van der Waals surface area contributed by atoms with Gasteiger partial charge in [0.05, 0.1) is 12.0 Å². The SMILES string of the molecule is CCCCCCCCOC(O)c1cc(OC(C)=O)c(=O)c2c(OC(C)=O)c(OC(C)=O)c(O)cc2c1. The fourth-order valence-electron chi connectivity index (χ4n) is 3.59. The Morgan fingerprint density at radius 2 is 1.42 bits per heavy atom. The Bertz CT molecular complexity index is 1170. The average molecular weight is 505 g/mol. The maximum absolute atomic E-state index is 13.4. The van der Waals surface area contributed by atoms with Crippen LogP contribution in [0.3, 0.4) is 0 Å². The molecule has 0 aromatic heterocycles. The molecule has 1 atom stereocenters. The molecule has 2 aromatic rings. The second-order valence-electron chi connectivity index (χ2n) is 8.27. The van der Waals surface area contributed by atoms with Gasteiger partial charge < -0.3 is 29.2 Å². The molecule has 196 valence electrons. The van der Waals surface area contributed by atoms with Crippen molar-refractivity contribution in [2.75, 3.05) is 6.61 Å². The molecule has 0 fully saturated rings. The number of carbonyl (C=O) groups is 3. The average Bonchev–Trinajstić information content (AvgIpc) is 2.91. The van der Waals surface area contributed by atoms with Crippen molar-refractivity contribution in [1.82, 2.24) is 0 Å². The number of rotatable bonds is 12. The summed E-state index contributed by atoms with van der Waals surface area (Å²) in [6, 6.07) is 3.55. The van der Waals surface area contributed by atoms with E-state index < -0.39 is 52.6 Å². The number of ether oxygens (including phenoxy) is 4. The first-order valence-electron chi connectivity index (χ1n) is 11.8. The van der Waals surface area contributed by atoms with E-state index in [0.29, 0.717) is 6.42 Å². The van der Waals surface area contributed by atoms with Gasteiger partial charge in [-0.2, -0.15) is 0 Å². The van der Waals surface area contributed by atoms with E-state index in [2.05, 4.69) is 6.92 Å². The first-order chi connectivity index (χ1) is 17.0. The molecule has 10 heteroatoms. The molecule has 0 radical (unpaired) electrons. The van der Waals surface area contributed by atoms with Gasteiger partial charge in [-0.1, -0.05) is 39.0 Å². The number of unbranched alkanes of at least 4 members (excludes halogenated alkanes) is 5. The van der Waals surface area contributed by atoms with E-state index in [1.165, 1.54) is 6.07 Å². The van der Waals surface area contributed by atoms with Crippen molar-refractivity contribution in [2.24, 2.45) is 0 Å². The van der Waals surface area contributed by atoms with Gasteiger partial charge in [0.2, 0.25) is 11.2 Å². The van der Waals surface area contributed by atoms with Crippen LogP contribution in [0.15, 0.2) is 23.0 Å². The Hall–Kier alpha value is -3.50. The minimum atomic E-state index is -1.49. The van der Waals surface area contributed by atoms with Crippen molar-refractivity contribution >= 4 is 28.7 Å². The molecule has 0 aliphatic rings. The topological polar surface area (TPSA) is 146 Å². The van der Waals surface area contributed by atoms with Crippen molar-refractivity contribution in [3.05, 3.63) is 34.0 Å². The lowest BCUT2D eigenvalue weighted by Gasteiger charge is -2.13. The summed E-state index contributed by atoms with van der Waals surface area (Å²) in [5, 5.41) is 20.8. The molecule has 2 N–H and O–H groups in total. The van der Waals surface area contributed by atoms with Crippen LogP contribution in [0.5, 0.6) is 23.0 Å². The second-order valence-corrected chi connectivity index (χ2v) is 8.27. The van der Waals surface area contributed by atoms with Gasteiger partial charge in [-0.25, -0.2) is 0 Å². The molecule has 10 nitrogen and oxygen atoms in total. The molecule has 2 rings (SSSR count). The van der Waals surface area contributed by atoms with Crippen molar-refractivity contribution in [3.63, 3.8) is 0 Å². The Kier molecular flexibility index (Phi) is 10.8. The highest BCUT2D eigenvalue weighted by atomic mass is 16.6. The molecule has 0 aliphatic heterocycles. The summed E-state index contributed by atoms with van der Waals surface area (Å²) < 4.78 is 20.7. The van der Waals surface area contributed by atoms with Crippen molar-refractivity contribution in [1.29, 1.82) is 0 Å². The van der Waals surface area contributed by atoms with E-state index in [1.54, 1.807) is 0 Å². The highest BCUT2D eigenvalue weighted by Gasteiger charge is 2.24. The Balaban J connectivity index is 2.59. The van der Waals surface area contributed by atoms with Crippen molar-refractivity contribution in [3.8, 4) is 23.0 Å². The van der Waals surface area contributed by atoms with E-state index in [9.17, 15) is 29.4 Å². The quantitative estimate of drug-likeness (QED) is 0.188. The van der Waals surface area contributed by atoms with Crippen LogP contribution in [-0.4, -0.2) is 34.7 Å². The summed E-state index contributed by atoms with van der Waals surface area (Å²) in [7, 11) is 0. The second kappa shape index (κ2) is 13.6. The summed E-state index contributed by atoms with van der Waals surface area (Å²) in [4.78, 5) is 48.4. The first-order valence-corrected chi connectivity index (χ1v) is 11.8. The zero-order valence-corrected chi connectivity index (χ0v) is 20.9. The van der Waals surface area contributed by atoms with Crippen LogP contribution in [0.4, 0.5) is 0 Å². The molecular formula is C26H32O10. The van der Waals surface area contributed by atoms with Crippen LogP contribution in [0.1, 0.15) is 78.1 Å². The van der Waals surface area contributed by atoms with Crippen LogP contribution >= 0.6 is 0 Å². The van der Waals surface area contributed by atoms with Gasteiger partial charge in [-0.3, -0.25) is 19.2 Å². The molecule has 0 aliphatic carbocycles. The van der Waals surface area contributed by atoms with E-state index in [4.69, 9.17) is 18.9 Å². The molecular weight excluding hydrogens is 472 g/mol. The molecule has 0 amide bonds. The highest BCUT2D eigenvalue weighted by Crippen LogP contribution is 2.43. The minimum absolute atomic E-state index is 0.0141. The highest BCUT2D eigenvalue weighted by molar-refractivity contribution is 5.96. The van der Waals surface area contributed by atoms with Crippen LogP contribution in [-0.2, 0) is 19.1 Å². The van der Waals surface area contributed by atoms with Crippen LogP contribution in [0, 0.1) is 0 Å². The fraction of sp³-hybridized carbons (Fsp3) is 0.462. The van der Waals surface area contributed by atoms with E-state index >= 15 is 0 Å². The maximum Gasteiger partial charge on any atom is 0.308 e. The Morgan fingerprint density at radius 3 is 2.03 bits per heavy atom. The molecule has 0 heterocycles. The first kappa shape index (κ1) is 28.7. The van der Waals surface area contributed by atoms with Gasteiger partial charge >= 0.3 is 17.9 Å².